The normalized spacial score (nSPS) is 11.8. The maximum Gasteiger partial charge on any atom is 0.253 e. The lowest BCUT2D eigenvalue weighted by Crippen LogP contribution is -2.29. The minimum absolute atomic E-state index is 0.242. The average molecular weight is 337 g/mol. The number of ether oxygens (including phenoxy) is 1. The molecule has 3 aromatic rings. The minimum Gasteiger partial charge on any atom is -0.497 e. The number of nitrogens with zero attached hydrogens (tertiary/aromatic N) is 2. The van der Waals surface area contributed by atoms with Crippen LogP contribution in [0.4, 0.5) is 0 Å². The summed E-state index contributed by atoms with van der Waals surface area (Å²) in [5, 5.41) is 17.2. The molecule has 25 heavy (non-hydrogen) atoms. The lowest BCUT2D eigenvalue weighted by atomic mass is 10.1. The van der Waals surface area contributed by atoms with E-state index in [2.05, 4.69) is 10.4 Å². The number of methoxy groups -OCH3 is 1. The van der Waals surface area contributed by atoms with E-state index in [9.17, 15) is 9.90 Å². The Labute approximate surface area is 145 Å². The molecule has 0 radical (unpaired) electrons. The molecule has 0 spiro atoms. The van der Waals surface area contributed by atoms with E-state index < -0.39 is 12.0 Å². The Hall–Kier alpha value is -3.12. The molecule has 1 amide bonds. The number of amides is 1. The van der Waals surface area contributed by atoms with Gasteiger partial charge in [0.2, 0.25) is 0 Å². The maximum absolute atomic E-state index is 12.1. The van der Waals surface area contributed by atoms with Crippen LogP contribution in [-0.4, -0.2) is 27.9 Å². The molecule has 1 unspecified atom stereocenters. The summed E-state index contributed by atoms with van der Waals surface area (Å²) in [5.41, 5.74) is 2.15. The molecule has 1 atom stereocenters. The number of rotatable bonds is 6. The Morgan fingerprint density at radius 2 is 1.88 bits per heavy atom. The van der Waals surface area contributed by atoms with Crippen molar-refractivity contribution in [2.45, 2.75) is 12.6 Å². The van der Waals surface area contributed by atoms with Gasteiger partial charge in [-0.2, -0.15) is 5.10 Å². The van der Waals surface area contributed by atoms with Gasteiger partial charge in [0.05, 0.1) is 25.0 Å². The Bertz CT molecular complexity index is 829. The Kier molecular flexibility index (Phi) is 5.11. The van der Waals surface area contributed by atoms with Gasteiger partial charge in [-0.1, -0.05) is 30.3 Å². The molecule has 0 fully saturated rings. The van der Waals surface area contributed by atoms with Crippen molar-refractivity contribution < 1.29 is 14.6 Å². The van der Waals surface area contributed by atoms with Crippen molar-refractivity contribution in [3.05, 3.63) is 78.1 Å². The van der Waals surface area contributed by atoms with Crippen LogP contribution >= 0.6 is 0 Å². The number of aromatic nitrogens is 2. The molecule has 0 saturated carbocycles. The highest BCUT2D eigenvalue weighted by Gasteiger charge is 2.16. The van der Waals surface area contributed by atoms with Gasteiger partial charge >= 0.3 is 0 Å². The van der Waals surface area contributed by atoms with Gasteiger partial charge in [-0.15, -0.1) is 0 Å². The van der Waals surface area contributed by atoms with Gasteiger partial charge < -0.3 is 15.2 Å². The van der Waals surface area contributed by atoms with Crippen molar-refractivity contribution in [1.82, 2.24) is 15.1 Å². The highest BCUT2D eigenvalue weighted by Crippen LogP contribution is 2.15. The average Bonchev–Trinajstić information content (AvgIpc) is 3.15. The quantitative estimate of drug-likeness (QED) is 0.723. The third-order valence-electron chi connectivity index (χ3n) is 3.79. The number of hydrogen-bond donors (Lipinski definition) is 2. The molecule has 2 N–H and O–H groups in total. The number of aliphatic hydroxyl groups excluding tert-OH is 1. The number of nitrogens with one attached hydrogen (secondary N) is 1. The fourth-order valence-electron chi connectivity index (χ4n) is 2.40. The fourth-order valence-corrected chi connectivity index (χ4v) is 2.40. The van der Waals surface area contributed by atoms with Crippen molar-refractivity contribution in [3.63, 3.8) is 0 Å². The number of aliphatic hydroxyl groups is 1. The third kappa shape index (κ3) is 4.05. The van der Waals surface area contributed by atoms with Crippen molar-refractivity contribution in [3.8, 4) is 11.4 Å². The second kappa shape index (κ2) is 7.63. The van der Waals surface area contributed by atoms with E-state index in [1.807, 2.05) is 42.6 Å². The molecule has 0 saturated heterocycles. The van der Waals surface area contributed by atoms with Crippen LogP contribution in [0.1, 0.15) is 17.4 Å². The van der Waals surface area contributed by atoms with Gasteiger partial charge in [0.1, 0.15) is 5.75 Å². The van der Waals surface area contributed by atoms with E-state index >= 15 is 0 Å². The zero-order valence-corrected chi connectivity index (χ0v) is 13.8. The second-order valence-electron chi connectivity index (χ2n) is 5.48. The van der Waals surface area contributed by atoms with E-state index in [-0.39, 0.29) is 6.54 Å². The minimum atomic E-state index is -1.19. The van der Waals surface area contributed by atoms with E-state index in [4.69, 9.17) is 4.74 Å². The molecule has 0 bridgehead atoms. The molecular formula is C19H19N3O3. The predicted octanol–water partition coefficient (Wildman–Crippen LogP) is 2.23. The van der Waals surface area contributed by atoms with Crippen molar-refractivity contribution in [2.24, 2.45) is 0 Å². The van der Waals surface area contributed by atoms with E-state index in [1.165, 1.54) is 0 Å². The smallest absolute Gasteiger partial charge is 0.253 e. The van der Waals surface area contributed by atoms with Gasteiger partial charge in [0.25, 0.3) is 5.91 Å². The van der Waals surface area contributed by atoms with Crippen LogP contribution in [0, 0.1) is 0 Å². The van der Waals surface area contributed by atoms with Gasteiger partial charge in [-0.05, 0) is 35.9 Å². The zero-order chi connectivity index (χ0) is 17.6. The van der Waals surface area contributed by atoms with Gasteiger partial charge in [0, 0.05) is 6.20 Å². The maximum atomic E-state index is 12.1. The SMILES string of the molecule is COc1ccc(-n2ccc(CNC(=O)C(O)c3ccccc3)n2)cc1. The van der Waals surface area contributed by atoms with Gasteiger partial charge in [-0.3, -0.25) is 4.79 Å². The second-order valence-corrected chi connectivity index (χ2v) is 5.48. The first-order chi connectivity index (χ1) is 12.2. The monoisotopic (exact) mass is 337 g/mol. The molecule has 128 valence electrons. The summed E-state index contributed by atoms with van der Waals surface area (Å²) in [6.45, 7) is 0.242. The Balaban J connectivity index is 1.60. The first-order valence-electron chi connectivity index (χ1n) is 7.87. The van der Waals surface area contributed by atoms with E-state index in [1.54, 1.807) is 36.1 Å². The fraction of sp³-hybridized carbons (Fsp3) is 0.158. The van der Waals surface area contributed by atoms with E-state index in [0.29, 0.717) is 11.3 Å². The van der Waals surface area contributed by atoms with Crippen molar-refractivity contribution in [2.75, 3.05) is 7.11 Å². The van der Waals surface area contributed by atoms with Crippen LogP contribution in [0.15, 0.2) is 66.9 Å². The standard InChI is InChI=1S/C19H19N3O3/c1-25-17-9-7-16(8-10-17)22-12-11-15(21-22)13-20-19(24)18(23)14-5-3-2-4-6-14/h2-12,18,23H,13H2,1H3,(H,20,24). The third-order valence-corrected chi connectivity index (χ3v) is 3.79. The topological polar surface area (TPSA) is 76.4 Å². The molecule has 1 heterocycles. The molecule has 2 aromatic carbocycles. The van der Waals surface area contributed by atoms with Crippen LogP contribution < -0.4 is 10.1 Å². The largest absolute Gasteiger partial charge is 0.497 e. The van der Waals surface area contributed by atoms with Crippen LogP contribution in [0.2, 0.25) is 0 Å². The number of benzene rings is 2. The first kappa shape index (κ1) is 16.7. The van der Waals surface area contributed by atoms with Crippen LogP contribution in [0.3, 0.4) is 0 Å². The molecule has 0 aliphatic rings. The lowest BCUT2D eigenvalue weighted by Gasteiger charge is -2.10. The highest BCUT2D eigenvalue weighted by atomic mass is 16.5. The summed E-state index contributed by atoms with van der Waals surface area (Å²) in [7, 11) is 1.62. The predicted molar refractivity (Wildman–Crippen MR) is 93.4 cm³/mol. The molecule has 0 aliphatic heterocycles. The highest BCUT2D eigenvalue weighted by molar-refractivity contribution is 5.81. The van der Waals surface area contributed by atoms with Gasteiger partial charge in [-0.25, -0.2) is 4.68 Å². The lowest BCUT2D eigenvalue weighted by molar-refractivity contribution is -0.129. The summed E-state index contributed by atoms with van der Waals surface area (Å²) in [5.74, 6) is 0.323. The summed E-state index contributed by atoms with van der Waals surface area (Å²) < 4.78 is 6.85. The van der Waals surface area contributed by atoms with Crippen molar-refractivity contribution in [1.29, 1.82) is 0 Å². The van der Waals surface area contributed by atoms with Gasteiger partial charge in [0.15, 0.2) is 6.10 Å². The molecular weight excluding hydrogens is 318 g/mol. The molecule has 1 aromatic heterocycles. The summed E-state index contributed by atoms with van der Waals surface area (Å²) in [6.07, 6.45) is 0.626. The van der Waals surface area contributed by atoms with E-state index in [0.717, 1.165) is 11.4 Å². The van der Waals surface area contributed by atoms with Crippen LogP contribution in [0.5, 0.6) is 5.75 Å². The molecule has 6 heteroatoms. The Morgan fingerprint density at radius 3 is 2.56 bits per heavy atom. The molecule has 6 nitrogen and oxygen atoms in total. The molecule has 0 aliphatic carbocycles. The van der Waals surface area contributed by atoms with Crippen LogP contribution in [0.25, 0.3) is 5.69 Å². The number of hydrogen-bond acceptors (Lipinski definition) is 4. The number of carbonyl (C=O) groups is 1. The summed E-state index contributed by atoms with van der Waals surface area (Å²) in [4.78, 5) is 12.1. The summed E-state index contributed by atoms with van der Waals surface area (Å²) in [6, 6.07) is 18.1. The van der Waals surface area contributed by atoms with Crippen molar-refractivity contribution >= 4 is 5.91 Å². The number of carbonyl (C=O) groups excluding carboxylic acids is 1. The zero-order valence-electron chi connectivity index (χ0n) is 13.8. The summed E-state index contributed by atoms with van der Waals surface area (Å²) >= 11 is 0. The Morgan fingerprint density at radius 1 is 1.16 bits per heavy atom. The molecule has 3 rings (SSSR count). The van der Waals surface area contributed by atoms with Crippen LogP contribution in [-0.2, 0) is 11.3 Å². The first-order valence-corrected chi connectivity index (χ1v) is 7.87.